The maximum atomic E-state index is 12.6. The van der Waals surface area contributed by atoms with Crippen LogP contribution >= 0.6 is 11.8 Å². The molecule has 122 valence electrons. The summed E-state index contributed by atoms with van der Waals surface area (Å²) >= 11 is 1.55. The SMILES string of the molecule is Cc1ccccc1NC(=O)C1CSCN1C(=O)C1CCC(=O)N1. The molecule has 0 aromatic heterocycles. The Morgan fingerprint density at radius 1 is 1.35 bits per heavy atom. The number of thioether (sulfide) groups is 1. The maximum Gasteiger partial charge on any atom is 0.248 e. The van der Waals surface area contributed by atoms with Crippen molar-refractivity contribution in [3.05, 3.63) is 29.8 Å². The van der Waals surface area contributed by atoms with E-state index in [1.165, 1.54) is 0 Å². The van der Waals surface area contributed by atoms with Gasteiger partial charge in [0, 0.05) is 17.9 Å². The Kier molecular flexibility index (Phi) is 4.56. The fraction of sp³-hybridized carbons (Fsp3) is 0.438. The first-order chi connectivity index (χ1) is 11.1. The summed E-state index contributed by atoms with van der Waals surface area (Å²) in [5.74, 6) is 0.616. The number of aryl methyl sites for hydroxylation is 1. The van der Waals surface area contributed by atoms with Crippen LogP contribution in [0.5, 0.6) is 0 Å². The molecular weight excluding hydrogens is 314 g/mol. The van der Waals surface area contributed by atoms with Crippen molar-refractivity contribution in [2.75, 3.05) is 16.9 Å². The first kappa shape index (κ1) is 15.9. The fourth-order valence-electron chi connectivity index (χ4n) is 2.81. The summed E-state index contributed by atoms with van der Waals surface area (Å²) in [7, 11) is 0. The van der Waals surface area contributed by atoms with E-state index < -0.39 is 12.1 Å². The molecule has 0 bridgehead atoms. The van der Waals surface area contributed by atoms with Gasteiger partial charge >= 0.3 is 0 Å². The van der Waals surface area contributed by atoms with E-state index in [1.807, 2.05) is 31.2 Å². The third kappa shape index (κ3) is 3.34. The molecule has 2 fully saturated rings. The van der Waals surface area contributed by atoms with Gasteiger partial charge in [0.1, 0.15) is 12.1 Å². The standard InChI is InChI=1S/C16H19N3O3S/c1-10-4-2-3-5-11(10)18-15(21)13-8-23-9-19(13)16(22)12-6-7-14(20)17-12/h2-5,12-13H,6-9H2,1H3,(H,17,20)(H,18,21). The van der Waals surface area contributed by atoms with Crippen LogP contribution in [0.4, 0.5) is 5.69 Å². The highest BCUT2D eigenvalue weighted by Crippen LogP contribution is 2.25. The average molecular weight is 333 g/mol. The van der Waals surface area contributed by atoms with Crippen molar-refractivity contribution in [2.45, 2.75) is 31.8 Å². The Balaban J connectivity index is 1.68. The minimum Gasteiger partial charge on any atom is -0.344 e. The molecule has 3 rings (SSSR count). The molecule has 0 saturated carbocycles. The van der Waals surface area contributed by atoms with Crippen molar-refractivity contribution in [1.29, 1.82) is 0 Å². The molecule has 1 aromatic rings. The molecule has 2 unspecified atom stereocenters. The summed E-state index contributed by atoms with van der Waals surface area (Å²) < 4.78 is 0. The largest absolute Gasteiger partial charge is 0.344 e. The molecule has 2 aliphatic heterocycles. The lowest BCUT2D eigenvalue weighted by molar-refractivity contribution is -0.138. The monoisotopic (exact) mass is 333 g/mol. The van der Waals surface area contributed by atoms with Gasteiger partial charge in [-0.3, -0.25) is 14.4 Å². The highest BCUT2D eigenvalue weighted by molar-refractivity contribution is 7.99. The Bertz CT molecular complexity index is 649. The molecular formula is C16H19N3O3S. The van der Waals surface area contributed by atoms with Gasteiger partial charge in [0.25, 0.3) is 0 Å². The lowest BCUT2D eigenvalue weighted by Crippen LogP contribution is -2.50. The molecule has 2 aliphatic rings. The minimum atomic E-state index is -0.496. The first-order valence-corrected chi connectivity index (χ1v) is 8.76. The zero-order valence-corrected chi connectivity index (χ0v) is 13.7. The number of hydrogen-bond acceptors (Lipinski definition) is 4. The minimum absolute atomic E-state index is 0.101. The van der Waals surface area contributed by atoms with E-state index in [0.717, 1.165) is 11.3 Å². The van der Waals surface area contributed by atoms with Gasteiger partial charge in [-0.15, -0.1) is 11.8 Å². The number of nitrogens with zero attached hydrogens (tertiary/aromatic N) is 1. The van der Waals surface area contributed by atoms with Crippen molar-refractivity contribution in [3.63, 3.8) is 0 Å². The van der Waals surface area contributed by atoms with Gasteiger partial charge in [-0.1, -0.05) is 18.2 Å². The Labute approximate surface area is 139 Å². The van der Waals surface area contributed by atoms with Crippen molar-refractivity contribution in [3.8, 4) is 0 Å². The van der Waals surface area contributed by atoms with Crippen molar-refractivity contribution in [1.82, 2.24) is 10.2 Å². The smallest absolute Gasteiger partial charge is 0.248 e. The highest BCUT2D eigenvalue weighted by Gasteiger charge is 2.39. The van der Waals surface area contributed by atoms with Crippen LogP contribution in [0.3, 0.4) is 0 Å². The van der Waals surface area contributed by atoms with E-state index in [-0.39, 0.29) is 17.7 Å². The lowest BCUT2D eigenvalue weighted by Gasteiger charge is -2.26. The molecule has 1 aromatic carbocycles. The Morgan fingerprint density at radius 2 is 2.13 bits per heavy atom. The summed E-state index contributed by atoms with van der Waals surface area (Å²) in [5.41, 5.74) is 1.74. The molecule has 0 spiro atoms. The molecule has 7 heteroatoms. The van der Waals surface area contributed by atoms with Gasteiger partial charge < -0.3 is 15.5 Å². The van der Waals surface area contributed by atoms with E-state index in [4.69, 9.17) is 0 Å². The fourth-order valence-corrected chi connectivity index (χ4v) is 3.97. The first-order valence-electron chi connectivity index (χ1n) is 7.60. The van der Waals surface area contributed by atoms with Crippen molar-refractivity contribution >= 4 is 35.2 Å². The molecule has 6 nitrogen and oxygen atoms in total. The highest BCUT2D eigenvalue weighted by atomic mass is 32.2. The summed E-state index contributed by atoms with van der Waals surface area (Å²) in [5, 5.41) is 5.58. The zero-order valence-electron chi connectivity index (χ0n) is 12.9. The molecule has 3 amide bonds. The third-order valence-corrected chi connectivity index (χ3v) is 5.18. The van der Waals surface area contributed by atoms with Gasteiger partial charge in [0.05, 0.1) is 5.88 Å². The molecule has 2 N–H and O–H groups in total. The van der Waals surface area contributed by atoms with Gasteiger partial charge in [-0.05, 0) is 25.0 Å². The van der Waals surface area contributed by atoms with Crippen LogP contribution in [-0.2, 0) is 14.4 Å². The van der Waals surface area contributed by atoms with Crippen LogP contribution in [-0.4, -0.2) is 46.3 Å². The number of carbonyl (C=O) groups is 3. The van der Waals surface area contributed by atoms with Crippen LogP contribution < -0.4 is 10.6 Å². The number of rotatable bonds is 3. The molecule has 0 radical (unpaired) electrons. The predicted molar refractivity (Wildman–Crippen MR) is 88.9 cm³/mol. The second kappa shape index (κ2) is 6.62. The number of amides is 3. The van der Waals surface area contributed by atoms with E-state index in [9.17, 15) is 14.4 Å². The van der Waals surface area contributed by atoms with E-state index >= 15 is 0 Å². The molecule has 2 heterocycles. The second-order valence-electron chi connectivity index (χ2n) is 5.79. The van der Waals surface area contributed by atoms with Crippen molar-refractivity contribution in [2.24, 2.45) is 0 Å². The average Bonchev–Trinajstić information content (AvgIpc) is 3.17. The van der Waals surface area contributed by atoms with Gasteiger partial charge in [-0.25, -0.2) is 0 Å². The Hall–Kier alpha value is -2.02. The third-order valence-electron chi connectivity index (χ3n) is 4.16. The molecule has 0 aliphatic carbocycles. The summed E-state index contributed by atoms with van der Waals surface area (Å²) in [6.07, 6.45) is 0.877. The van der Waals surface area contributed by atoms with Gasteiger partial charge in [-0.2, -0.15) is 0 Å². The van der Waals surface area contributed by atoms with Crippen LogP contribution in [0.1, 0.15) is 18.4 Å². The maximum absolute atomic E-state index is 12.6. The van der Waals surface area contributed by atoms with Crippen LogP contribution in [0.15, 0.2) is 24.3 Å². The summed E-state index contributed by atoms with van der Waals surface area (Å²) in [4.78, 5) is 38.0. The number of anilines is 1. The van der Waals surface area contributed by atoms with Crippen LogP contribution in [0, 0.1) is 6.92 Å². The lowest BCUT2D eigenvalue weighted by atomic mass is 10.1. The quantitative estimate of drug-likeness (QED) is 0.869. The van der Waals surface area contributed by atoms with Crippen LogP contribution in [0.25, 0.3) is 0 Å². The second-order valence-corrected chi connectivity index (χ2v) is 6.79. The summed E-state index contributed by atoms with van der Waals surface area (Å²) in [6.45, 7) is 1.93. The van der Waals surface area contributed by atoms with E-state index in [1.54, 1.807) is 16.7 Å². The molecule has 2 saturated heterocycles. The summed E-state index contributed by atoms with van der Waals surface area (Å²) in [6, 6.07) is 6.56. The van der Waals surface area contributed by atoms with Crippen molar-refractivity contribution < 1.29 is 14.4 Å². The normalized spacial score (nSPS) is 23.7. The predicted octanol–water partition coefficient (Wildman–Crippen LogP) is 1.11. The zero-order chi connectivity index (χ0) is 16.4. The number of nitrogens with one attached hydrogen (secondary N) is 2. The van der Waals surface area contributed by atoms with E-state index in [0.29, 0.717) is 24.5 Å². The van der Waals surface area contributed by atoms with E-state index in [2.05, 4.69) is 10.6 Å². The molecule has 2 atom stereocenters. The topological polar surface area (TPSA) is 78.5 Å². The molecule has 23 heavy (non-hydrogen) atoms. The van der Waals surface area contributed by atoms with Gasteiger partial charge in [0.15, 0.2) is 0 Å². The van der Waals surface area contributed by atoms with Crippen LogP contribution in [0.2, 0.25) is 0 Å². The van der Waals surface area contributed by atoms with Gasteiger partial charge in [0.2, 0.25) is 17.7 Å². The Morgan fingerprint density at radius 3 is 2.83 bits per heavy atom. The number of hydrogen-bond donors (Lipinski definition) is 2. The number of para-hydroxylation sites is 1. The number of benzene rings is 1. The number of carbonyl (C=O) groups excluding carboxylic acids is 3.